The van der Waals surface area contributed by atoms with Crippen molar-refractivity contribution in [2.75, 3.05) is 6.61 Å². The molecule has 0 bridgehead atoms. The first-order valence-electron chi connectivity index (χ1n) is 7.08. The number of nitrogens with two attached hydrogens (primary N) is 1. The minimum Gasteiger partial charge on any atom is -0.396 e. The van der Waals surface area contributed by atoms with Gasteiger partial charge >= 0.3 is 0 Å². The number of hydrogen-bond donors (Lipinski definition) is 2. The van der Waals surface area contributed by atoms with Gasteiger partial charge in [0, 0.05) is 12.6 Å². The molecule has 3 aromatic rings. The summed E-state index contributed by atoms with van der Waals surface area (Å²) < 4.78 is 0. The van der Waals surface area contributed by atoms with Gasteiger partial charge in [0.05, 0.1) is 0 Å². The smallest absolute Gasteiger partial charge is 0.0431 e. The molecule has 102 valence electrons. The summed E-state index contributed by atoms with van der Waals surface area (Å²) in [6, 6.07) is 18.9. The molecule has 0 aliphatic carbocycles. The number of aliphatic hydroxyl groups is 1. The third-order valence-corrected chi connectivity index (χ3v) is 3.86. The van der Waals surface area contributed by atoms with E-state index >= 15 is 0 Å². The SMILES string of the molecule is N[C@H](CCCO)c1c2ccccc2cc2ccccc12. The average molecular weight is 265 g/mol. The molecule has 0 radical (unpaired) electrons. The third-order valence-electron chi connectivity index (χ3n) is 3.86. The lowest BCUT2D eigenvalue weighted by Gasteiger charge is -2.17. The van der Waals surface area contributed by atoms with Gasteiger partial charge in [-0.25, -0.2) is 0 Å². The van der Waals surface area contributed by atoms with E-state index in [1.54, 1.807) is 0 Å². The molecule has 0 heterocycles. The van der Waals surface area contributed by atoms with E-state index in [4.69, 9.17) is 10.8 Å². The van der Waals surface area contributed by atoms with E-state index in [-0.39, 0.29) is 12.6 Å². The summed E-state index contributed by atoms with van der Waals surface area (Å²) >= 11 is 0. The lowest BCUT2D eigenvalue weighted by molar-refractivity contribution is 0.280. The van der Waals surface area contributed by atoms with Crippen LogP contribution in [0.15, 0.2) is 54.6 Å². The summed E-state index contributed by atoms with van der Waals surface area (Å²) in [6.07, 6.45) is 1.53. The molecule has 0 aromatic heterocycles. The highest BCUT2D eigenvalue weighted by molar-refractivity contribution is 6.02. The zero-order valence-corrected chi connectivity index (χ0v) is 11.4. The Morgan fingerprint density at radius 3 is 2.00 bits per heavy atom. The molecule has 2 heteroatoms. The molecule has 3 N–H and O–H groups in total. The molecule has 20 heavy (non-hydrogen) atoms. The largest absolute Gasteiger partial charge is 0.396 e. The molecular weight excluding hydrogens is 246 g/mol. The van der Waals surface area contributed by atoms with Gasteiger partial charge in [-0.05, 0) is 46.0 Å². The molecule has 0 saturated heterocycles. The van der Waals surface area contributed by atoms with Gasteiger partial charge < -0.3 is 10.8 Å². The van der Waals surface area contributed by atoms with Crippen molar-refractivity contribution in [1.29, 1.82) is 0 Å². The Balaban J connectivity index is 2.27. The first-order chi connectivity index (χ1) is 9.81. The Bertz CT molecular complexity index is 682. The van der Waals surface area contributed by atoms with Gasteiger partial charge in [0.25, 0.3) is 0 Å². The fourth-order valence-electron chi connectivity index (χ4n) is 2.90. The highest BCUT2D eigenvalue weighted by atomic mass is 16.2. The standard InChI is InChI=1S/C18H19NO/c19-17(10-5-11-20)18-15-8-3-1-6-13(15)12-14-7-2-4-9-16(14)18/h1-4,6-9,12,17,20H,5,10-11,19H2/t17-/m1/s1. The zero-order chi connectivity index (χ0) is 13.9. The fourth-order valence-corrected chi connectivity index (χ4v) is 2.90. The topological polar surface area (TPSA) is 46.2 Å². The summed E-state index contributed by atoms with van der Waals surface area (Å²) in [4.78, 5) is 0. The van der Waals surface area contributed by atoms with Crippen LogP contribution in [0.2, 0.25) is 0 Å². The van der Waals surface area contributed by atoms with Gasteiger partial charge in [0.15, 0.2) is 0 Å². The molecule has 0 unspecified atom stereocenters. The Labute approximate surface area is 118 Å². The van der Waals surface area contributed by atoms with Crippen molar-refractivity contribution in [2.24, 2.45) is 5.73 Å². The number of fused-ring (bicyclic) bond motifs is 2. The van der Waals surface area contributed by atoms with Crippen LogP contribution >= 0.6 is 0 Å². The Kier molecular flexibility index (Phi) is 3.68. The fraction of sp³-hybridized carbons (Fsp3) is 0.222. The zero-order valence-electron chi connectivity index (χ0n) is 11.4. The summed E-state index contributed by atoms with van der Waals surface area (Å²) in [5, 5.41) is 13.9. The van der Waals surface area contributed by atoms with Crippen LogP contribution in [0.5, 0.6) is 0 Å². The van der Waals surface area contributed by atoms with Crippen molar-refractivity contribution in [1.82, 2.24) is 0 Å². The molecule has 0 spiro atoms. The van der Waals surface area contributed by atoms with Crippen LogP contribution in [0.3, 0.4) is 0 Å². The number of aliphatic hydroxyl groups excluding tert-OH is 1. The van der Waals surface area contributed by atoms with Crippen molar-refractivity contribution in [2.45, 2.75) is 18.9 Å². The molecule has 0 saturated carbocycles. The molecule has 2 nitrogen and oxygen atoms in total. The first kappa shape index (κ1) is 13.1. The van der Waals surface area contributed by atoms with E-state index < -0.39 is 0 Å². The van der Waals surface area contributed by atoms with E-state index in [1.165, 1.54) is 27.1 Å². The quantitative estimate of drug-likeness (QED) is 0.705. The summed E-state index contributed by atoms with van der Waals surface area (Å²) in [6.45, 7) is 0.191. The van der Waals surface area contributed by atoms with E-state index in [0.717, 1.165) is 12.8 Å². The second-order valence-corrected chi connectivity index (χ2v) is 5.20. The lowest BCUT2D eigenvalue weighted by atomic mass is 9.91. The van der Waals surface area contributed by atoms with Crippen molar-refractivity contribution < 1.29 is 5.11 Å². The minimum absolute atomic E-state index is 0.0434. The molecule has 3 aromatic carbocycles. The van der Waals surface area contributed by atoms with Crippen LogP contribution in [0.4, 0.5) is 0 Å². The second kappa shape index (κ2) is 5.61. The minimum atomic E-state index is -0.0434. The van der Waals surface area contributed by atoms with Crippen LogP contribution < -0.4 is 5.73 Å². The van der Waals surface area contributed by atoms with Crippen molar-refractivity contribution >= 4 is 21.5 Å². The van der Waals surface area contributed by atoms with Gasteiger partial charge in [-0.15, -0.1) is 0 Å². The Morgan fingerprint density at radius 1 is 0.900 bits per heavy atom. The van der Waals surface area contributed by atoms with Crippen LogP contribution in [-0.4, -0.2) is 11.7 Å². The van der Waals surface area contributed by atoms with Crippen molar-refractivity contribution in [3.8, 4) is 0 Å². The molecule has 3 rings (SSSR count). The average Bonchev–Trinajstić information content (AvgIpc) is 2.50. The highest BCUT2D eigenvalue weighted by Crippen LogP contribution is 2.33. The van der Waals surface area contributed by atoms with Gasteiger partial charge in [-0.3, -0.25) is 0 Å². The Morgan fingerprint density at radius 2 is 1.45 bits per heavy atom. The van der Waals surface area contributed by atoms with E-state index in [1.807, 2.05) is 0 Å². The molecule has 0 fully saturated rings. The van der Waals surface area contributed by atoms with Crippen LogP contribution in [0.1, 0.15) is 24.4 Å². The lowest BCUT2D eigenvalue weighted by Crippen LogP contribution is -2.12. The summed E-state index contributed by atoms with van der Waals surface area (Å²) in [5.41, 5.74) is 7.60. The normalized spacial score (nSPS) is 12.9. The van der Waals surface area contributed by atoms with Gasteiger partial charge in [-0.2, -0.15) is 0 Å². The van der Waals surface area contributed by atoms with Crippen molar-refractivity contribution in [3.05, 3.63) is 60.2 Å². The van der Waals surface area contributed by atoms with Crippen LogP contribution in [0, 0.1) is 0 Å². The number of hydrogen-bond acceptors (Lipinski definition) is 2. The summed E-state index contributed by atoms with van der Waals surface area (Å²) in [5.74, 6) is 0. The van der Waals surface area contributed by atoms with E-state index in [2.05, 4.69) is 54.6 Å². The van der Waals surface area contributed by atoms with Gasteiger partial charge in [-0.1, -0.05) is 48.5 Å². The van der Waals surface area contributed by atoms with Crippen molar-refractivity contribution in [3.63, 3.8) is 0 Å². The van der Waals surface area contributed by atoms with Crippen LogP contribution in [0.25, 0.3) is 21.5 Å². The van der Waals surface area contributed by atoms with E-state index in [0.29, 0.717) is 0 Å². The predicted molar refractivity (Wildman–Crippen MR) is 84.7 cm³/mol. The maximum absolute atomic E-state index is 9.03. The van der Waals surface area contributed by atoms with Gasteiger partial charge in [0.1, 0.15) is 0 Å². The van der Waals surface area contributed by atoms with Gasteiger partial charge in [0.2, 0.25) is 0 Å². The second-order valence-electron chi connectivity index (χ2n) is 5.20. The van der Waals surface area contributed by atoms with E-state index in [9.17, 15) is 0 Å². The molecule has 0 amide bonds. The van der Waals surface area contributed by atoms with Crippen LogP contribution in [-0.2, 0) is 0 Å². The monoisotopic (exact) mass is 265 g/mol. The number of benzene rings is 3. The predicted octanol–water partition coefficient (Wildman–Crippen LogP) is 3.77. The number of rotatable bonds is 4. The Hall–Kier alpha value is -1.90. The maximum atomic E-state index is 9.03. The summed E-state index contributed by atoms with van der Waals surface area (Å²) in [7, 11) is 0. The molecule has 0 aliphatic rings. The highest BCUT2D eigenvalue weighted by Gasteiger charge is 2.13. The third kappa shape index (κ3) is 2.28. The maximum Gasteiger partial charge on any atom is 0.0431 e. The molecule has 1 atom stereocenters. The first-order valence-corrected chi connectivity index (χ1v) is 7.08. The molecule has 0 aliphatic heterocycles. The molecular formula is C18H19NO.